The summed E-state index contributed by atoms with van der Waals surface area (Å²) in [7, 11) is 2.15. The summed E-state index contributed by atoms with van der Waals surface area (Å²) >= 11 is 0. The van der Waals surface area contributed by atoms with Gasteiger partial charge in [-0.2, -0.15) is 0 Å². The van der Waals surface area contributed by atoms with Crippen LogP contribution in [-0.2, 0) is 11.3 Å². The van der Waals surface area contributed by atoms with Gasteiger partial charge in [0.15, 0.2) is 6.61 Å². The molecule has 2 aromatic rings. The van der Waals surface area contributed by atoms with Crippen LogP contribution in [0.4, 0.5) is 10.1 Å². The van der Waals surface area contributed by atoms with Gasteiger partial charge < -0.3 is 10.1 Å². The first kappa shape index (κ1) is 22.6. The van der Waals surface area contributed by atoms with Crippen LogP contribution in [0.1, 0.15) is 37.7 Å². The third-order valence-corrected chi connectivity index (χ3v) is 5.08. The van der Waals surface area contributed by atoms with E-state index >= 15 is 0 Å². The van der Waals surface area contributed by atoms with Crippen molar-refractivity contribution in [1.82, 2.24) is 4.90 Å². The Morgan fingerprint density at radius 2 is 1.89 bits per heavy atom. The number of carbonyl (C=O) groups is 1. The number of amides is 1. The summed E-state index contributed by atoms with van der Waals surface area (Å²) in [6, 6.07) is 14.2. The van der Waals surface area contributed by atoms with Crippen LogP contribution in [0.5, 0.6) is 5.75 Å². The number of rotatable bonds is 7. The SMILES string of the molecule is CN(Cc1ccccc1NC(=O)COc1cccc(F)c1)C1CCCCC1.I. The number of hydrogen-bond acceptors (Lipinski definition) is 3. The van der Waals surface area contributed by atoms with Crippen LogP contribution in [0.25, 0.3) is 0 Å². The van der Waals surface area contributed by atoms with Crippen LogP contribution >= 0.6 is 24.0 Å². The predicted molar refractivity (Wildman–Crippen MR) is 121 cm³/mol. The lowest BCUT2D eigenvalue weighted by molar-refractivity contribution is -0.118. The minimum Gasteiger partial charge on any atom is -0.484 e. The van der Waals surface area contributed by atoms with E-state index in [-0.39, 0.29) is 42.3 Å². The van der Waals surface area contributed by atoms with Gasteiger partial charge in [-0.05, 0) is 43.7 Å². The molecule has 0 heterocycles. The zero-order valence-electron chi connectivity index (χ0n) is 16.2. The molecule has 0 aromatic heterocycles. The molecule has 0 radical (unpaired) electrons. The summed E-state index contributed by atoms with van der Waals surface area (Å²) in [5, 5.41) is 2.92. The molecule has 1 fully saturated rings. The Balaban J connectivity index is 0.00000280. The number of anilines is 1. The van der Waals surface area contributed by atoms with E-state index in [1.54, 1.807) is 12.1 Å². The van der Waals surface area contributed by atoms with E-state index in [0.29, 0.717) is 11.8 Å². The van der Waals surface area contributed by atoms with Gasteiger partial charge in [0.2, 0.25) is 0 Å². The molecule has 6 heteroatoms. The van der Waals surface area contributed by atoms with Crippen molar-refractivity contribution >= 4 is 35.6 Å². The van der Waals surface area contributed by atoms with Gasteiger partial charge in [0.1, 0.15) is 11.6 Å². The molecule has 0 aliphatic heterocycles. The fourth-order valence-corrected chi connectivity index (χ4v) is 3.59. The number of nitrogens with zero attached hydrogens (tertiary/aromatic N) is 1. The van der Waals surface area contributed by atoms with Crippen molar-refractivity contribution < 1.29 is 13.9 Å². The molecule has 0 spiro atoms. The fourth-order valence-electron chi connectivity index (χ4n) is 3.59. The normalized spacial score (nSPS) is 14.4. The van der Waals surface area contributed by atoms with Crippen LogP contribution in [-0.4, -0.2) is 30.5 Å². The maximum Gasteiger partial charge on any atom is 0.262 e. The average molecular weight is 498 g/mol. The van der Waals surface area contributed by atoms with Crippen molar-refractivity contribution in [3.8, 4) is 5.75 Å². The minimum absolute atomic E-state index is 0. The third-order valence-electron chi connectivity index (χ3n) is 5.08. The highest BCUT2D eigenvalue weighted by atomic mass is 127. The standard InChI is InChI=1S/C22H27FN2O2.HI/c1-25(19-10-3-2-4-11-19)15-17-8-5-6-13-21(17)24-22(26)16-27-20-12-7-9-18(23)14-20;/h5-9,12-14,19H,2-4,10-11,15-16H2,1H3,(H,24,26);1H. The van der Waals surface area contributed by atoms with E-state index in [1.165, 1.54) is 44.2 Å². The Morgan fingerprint density at radius 1 is 1.14 bits per heavy atom. The van der Waals surface area contributed by atoms with E-state index in [4.69, 9.17) is 4.74 Å². The summed E-state index contributed by atoms with van der Waals surface area (Å²) < 4.78 is 18.6. The lowest BCUT2D eigenvalue weighted by atomic mass is 9.94. The van der Waals surface area contributed by atoms with E-state index in [9.17, 15) is 9.18 Å². The molecule has 1 amide bonds. The molecular formula is C22H28FIN2O2. The number of carbonyl (C=O) groups excluding carboxylic acids is 1. The molecule has 0 bridgehead atoms. The Hall–Kier alpha value is -1.67. The number of para-hydroxylation sites is 1. The van der Waals surface area contributed by atoms with Crippen LogP contribution in [0.2, 0.25) is 0 Å². The number of benzene rings is 2. The van der Waals surface area contributed by atoms with E-state index in [0.717, 1.165) is 17.8 Å². The van der Waals surface area contributed by atoms with Gasteiger partial charge in [-0.1, -0.05) is 43.5 Å². The summed E-state index contributed by atoms with van der Waals surface area (Å²) in [6.45, 7) is 0.641. The van der Waals surface area contributed by atoms with Crippen molar-refractivity contribution in [3.63, 3.8) is 0 Å². The third kappa shape index (κ3) is 6.74. The number of hydrogen-bond donors (Lipinski definition) is 1. The van der Waals surface area contributed by atoms with Gasteiger partial charge in [-0.15, -0.1) is 24.0 Å². The Morgan fingerprint density at radius 3 is 2.64 bits per heavy atom. The second kappa shape index (κ2) is 11.4. The predicted octanol–water partition coefficient (Wildman–Crippen LogP) is 5.23. The smallest absolute Gasteiger partial charge is 0.262 e. The van der Waals surface area contributed by atoms with Crippen molar-refractivity contribution in [2.24, 2.45) is 0 Å². The van der Waals surface area contributed by atoms with Crippen molar-refractivity contribution in [2.75, 3.05) is 19.0 Å². The highest BCUT2D eigenvalue weighted by Gasteiger charge is 2.19. The molecule has 28 heavy (non-hydrogen) atoms. The van der Waals surface area contributed by atoms with E-state index < -0.39 is 0 Å². The van der Waals surface area contributed by atoms with Gasteiger partial charge in [-0.3, -0.25) is 9.69 Å². The largest absolute Gasteiger partial charge is 0.484 e. The lowest BCUT2D eigenvalue weighted by Gasteiger charge is -2.31. The summed E-state index contributed by atoms with van der Waals surface area (Å²) in [4.78, 5) is 14.6. The summed E-state index contributed by atoms with van der Waals surface area (Å²) in [5.74, 6) is -0.300. The lowest BCUT2D eigenvalue weighted by Crippen LogP contribution is -2.33. The fraction of sp³-hybridized carbons (Fsp3) is 0.409. The molecule has 3 rings (SSSR count). The van der Waals surface area contributed by atoms with E-state index in [2.05, 4.69) is 17.3 Å². The first-order valence-electron chi connectivity index (χ1n) is 9.58. The highest BCUT2D eigenvalue weighted by molar-refractivity contribution is 14.0. The molecule has 1 N–H and O–H groups in total. The highest BCUT2D eigenvalue weighted by Crippen LogP contribution is 2.25. The van der Waals surface area contributed by atoms with Crippen LogP contribution in [0.3, 0.4) is 0 Å². The molecule has 1 aliphatic carbocycles. The molecule has 0 saturated heterocycles. The van der Waals surface area contributed by atoms with Gasteiger partial charge >= 0.3 is 0 Å². The van der Waals surface area contributed by atoms with Crippen LogP contribution in [0, 0.1) is 5.82 Å². The molecule has 1 aliphatic rings. The summed E-state index contributed by atoms with van der Waals surface area (Å²) in [6.07, 6.45) is 6.41. The molecular weight excluding hydrogens is 470 g/mol. The van der Waals surface area contributed by atoms with Gasteiger partial charge in [-0.25, -0.2) is 4.39 Å². The number of ether oxygens (including phenoxy) is 1. The number of halogens is 2. The number of nitrogens with one attached hydrogen (secondary N) is 1. The first-order chi connectivity index (χ1) is 13.1. The zero-order chi connectivity index (χ0) is 19.1. The van der Waals surface area contributed by atoms with Crippen molar-refractivity contribution in [1.29, 1.82) is 0 Å². The van der Waals surface area contributed by atoms with E-state index in [1.807, 2.05) is 24.3 Å². The molecule has 0 atom stereocenters. The first-order valence-corrected chi connectivity index (χ1v) is 9.58. The quantitative estimate of drug-likeness (QED) is 0.532. The molecule has 152 valence electrons. The molecule has 1 saturated carbocycles. The second-order valence-corrected chi connectivity index (χ2v) is 7.16. The Bertz CT molecular complexity index is 766. The average Bonchev–Trinajstić information content (AvgIpc) is 2.69. The summed E-state index contributed by atoms with van der Waals surface area (Å²) in [5.41, 5.74) is 1.89. The second-order valence-electron chi connectivity index (χ2n) is 7.16. The van der Waals surface area contributed by atoms with Gasteiger partial charge in [0, 0.05) is 24.3 Å². The molecule has 2 aromatic carbocycles. The Labute approximate surface area is 183 Å². The van der Waals surface area contributed by atoms with Crippen LogP contribution in [0.15, 0.2) is 48.5 Å². The van der Waals surface area contributed by atoms with Gasteiger partial charge in [0.25, 0.3) is 5.91 Å². The minimum atomic E-state index is -0.385. The maximum absolute atomic E-state index is 13.2. The van der Waals surface area contributed by atoms with Gasteiger partial charge in [0.05, 0.1) is 0 Å². The zero-order valence-corrected chi connectivity index (χ0v) is 18.5. The maximum atomic E-state index is 13.2. The monoisotopic (exact) mass is 498 g/mol. The molecule has 4 nitrogen and oxygen atoms in total. The van der Waals surface area contributed by atoms with Crippen LogP contribution < -0.4 is 10.1 Å². The topological polar surface area (TPSA) is 41.6 Å². The van der Waals surface area contributed by atoms with Crippen molar-refractivity contribution in [2.45, 2.75) is 44.7 Å². The Kier molecular flexibility index (Phi) is 9.18. The van der Waals surface area contributed by atoms with Crippen molar-refractivity contribution in [3.05, 3.63) is 59.9 Å². The molecule has 0 unspecified atom stereocenters.